The average Bonchev–Trinajstić information content (AvgIpc) is 2.45. The molecule has 0 spiro atoms. The first-order valence-electron chi connectivity index (χ1n) is 6.51. The van der Waals surface area contributed by atoms with Crippen molar-refractivity contribution in [2.45, 2.75) is 12.2 Å². The molecule has 0 amide bonds. The van der Waals surface area contributed by atoms with Crippen LogP contribution in [0.1, 0.15) is 11.1 Å². The highest BCUT2D eigenvalue weighted by Crippen LogP contribution is 2.12. The fourth-order valence-electron chi connectivity index (χ4n) is 1.90. The lowest BCUT2D eigenvalue weighted by atomic mass is 10.1. The molecule has 0 radical (unpaired) electrons. The lowest BCUT2D eigenvalue weighted by molar-refractivity contribution is 0.507. The van der Waals surface area contributed by atoms with Gasteiger partial charge in [0.15, 0.2) is 11.6 Å². The molecule has 0 heterocycles. The number of halogens is 3. The van der Waals surface area contributed by atoms with Gasteiger partial charge in [0.1, 0.15) is 0 Å². The monoisotopic (exact) mass is 345 g/mol. The van der Waals surface area contributed by atoms with Gasteiger partial charge in [-0.15, -0.1) is 0 Å². The maximum Gasteiger partial charge on any atom is 0.215 e. The molecule has 2 rings (SSSR count). The normalized spacial score (nSPS) is 11.6. The summed E-state index contributed by atoms with van der Waals surface area (Å²) in [5.41, 5.74) is 1.14. The molecule has 1 N–H and O–H groups in total. The molecule has 7 heteroatoms. The maximum atomic E-state index is 13.0. The maximum absolute atomic E-state index is 13.0. The molecule has 2 aromatic rings. The van der Waals surface area contributed by atoms with Crippen LogP contribution in [-0.4, -0.2) is 15.0 Å². The van der Waals surface area contributed by atoms with Crippen molar-refractivity contribution in [2.75, 3.05) is 6.54 Å². The summed E-state index contributed by atoms with van der Waals surface area (Å²) < 4.78 is 52.1. The van der Waals surface area contributed by atoms with Crippen molar-refractivity contribution in [2.24, 2.45) is 0 Å². The van der Waals surface area contributed by atoms with Crippen molar-refractivity contribution in [3.63, 3.8) is 0 Å². The number of nitrogens with one attached hydrogen (secondary N) is 1. The number of benzene rings is 2. The van der Waals surface area contributed by atoms with Gasteiger partial charge in [-0.3, -0.25) is 0 Å². The van der Waals surface area contributed by atoms with Crippen LogP contribution in [0.5, 0.6) is 0 Å². The zero-order valence-electron chi connectivity index (χ0n) is 11.5. The van der Waals surface area contributed by atoms with E-state index in [1.807, 2.05) is 0 Å². The Hall–Kier alpha value is -1.50. The van der Waals surface area contributed by atoms with Gasteiger partial charge >= 0.3 is 0 Å². The largest absolute Gasteiger partial charge is 0.215 e. The summed E-state index contributed by atoms with van der Waals surface area (Å²) in [4.78, 5) is 0. The first kappa shape index (κ1) is 16.9. The van der Waals surface area contributed by atoms with Crippen LogP contribution < -0.4 is 4.72 Å². The van der Waals surface area contributed by atoms with E-state index in [1.54, 1.807) is 24.3 Å². The number of rotatable bonds is 6. The van der Waals surface area contributed by atoms with Gasteiger partial charge in [0, 0.05) is 11.6 Å². The van der Waals surface area contributed by atoms with Crippen molar-refractivity contribution in [3.8, 4) is 0 Å². The Kier molecular flexibility index (Phi) is 5.50. The summed E-state index contributed by atoms with van der Waals surface area (Å²) in [5.74, 6) is -2.03. The van der Waals surface area contributed by atoms with E-state index in [2.05, 4.69) is 4.72 Å². The molecule has 0 aliphatic carbocycles. The van der Waals surface area contributed by atoms with Gasteiger partial charge in [-0.05, 0) is 41.8 Å². The molecule has 0 saturated heterocycles. The van der Waals surface area contributed by atoms with Crippen molar-refractivity contribution in [1.82, 2.24) is 4.72 Å². The molecular formula is C15H14ClF2NO2S. The van der Waals surface area contributed by atoms with Crippen LogP contribution in [0.25, 0.3) is 0 Å². The van der Waals surface area contributed by atoms with Gasteiger partial charge in [0.25, 0.3) is 0 Å². The third-order valence-corrected chi connectivity index (χ3v) is 4.60. The van der Waals surface area contributed by atoms with Crippen molar-refractivity contribution in [1.29, 1.82) is 0 Å². The van der Waals surface area contributed by atoms with Crippen molar-refractivity contribution < 1.29 is 17.2 Å². The van der Waals surface area contributed by atoms with E-state index in [0.717, 1.165) is 12.1 Å². The van der Waals surface area contributed by atoms with E-state index in [-0.39, 0.29) is 18.7 Å². The molecule has 2 aromatic carbocycles. The van der Waals surface area contributed by atoms with E-state index >= 15 is 0 Å². The summed E-state index contributed by atoms with van der Waals surface area (Å²) in [6, 6.07) is 10.0. The van der Waals surface area contributed by atoms with E-state index in [4.69, 9.17) is 11.6 Å². The quantitative estimate of drug-likeness (QED) is 0.873. The average molecular weight is 346 g/mol. The first-order valence-corrected chi connectivity index (χ1v) is 8.54. The standard InChI is InChI=1S/C15H14ClF2NO2S/c16-13-4-1-12(2-5-13)10-22(20,21)19-8-7-11-3-6-14(17)15(18)9-11/h1-6,9,19H,7-8,10H2. The van der Waals surface area contributed by atoms with Crippen LogP contribution in [0, 0.1) is 11.6 Å². The molecule has 0 fully saturated rings. The summed E-state index contributed by atoms with van der Waals surface area (Å²) in [6.45, 7) is 0.112. The highest BCUT2D eigenvalue weighted by molar-refractivity contribution is 7.88. The number of hydrogen-bond acceptors (Lipinski definition) is 2. The highest BCUT2D eigenvalue weighted by Gasteiger charge is 2.11. The predicted molar refractivity (Wildman–Crippen MR) is 82.1 cm³/mol. The Morgan fingerprint density at radius 2 is 1.59 bits per heavy atom. The van der Waals surface area contributed by atoms with E-state index in [9.17, 15) is 17.2 Å². The Morgan fingerprint density at radius 3 is 2.23 bits per heavy atom. The fraction of sp³-hybridized carbons (Fsp3) is 0.200. The zero-order valence-corrected chi connectivity index (χ0v) is 13.1. The Morgan fingerprint density at radius 1 is 0.955 bits per heavy atom. The molecule has 22 heavy (non-hydrogen) atoms. The summed E-state index contributed by atoms with van der Waals surface area (Å²) >= 11 is 5.74. The molecular weight excluding hydrogens is 332 g/mol. The molecule has 118 valence electrons. The van der Waals surface area contributed by atoms with Gasteiger partial charge in [0.05, 0.1) is 5.75 Å². The minimum absolute atomic E-state index is 0.112. The van der Waals surface area contributed by atoms with E-state index in [1.165, 1.54) is 6.07 Å². The predicted octanol–water partition coefficient (Wildman–Crippen LogP) is 3.28. The smallest absolute Gasteiger partial charge is 0.215 e. The number of sulfonamides is 1. The van der Waals surface area contributed by atoms with Gasteiger partial charge in [-0.2, -0.15) is 0 Å². The minimum atomic E-state index is -3.50. The van der Waals surface area contributed by atoms with Gasteiger partial charge in [-0.25, -0.2) is 21.9 Å². The Balaban J connectivity index is 1.89. The molecule has 3 nitrogen and oxygen atoms in total. The second-order valence-electron chi connectivity index (χ2n) is 4.78. The minimum Gasteiger partial charge on any atom is -0.215 e. The molecule has 0 aromatic heterocycles. The number of hydrogen-bond donors (Lipinski definition) is 1. The fourth-order valence-corrected chi connectivity index (χ4v) is 3.17. The molecule has 0 aliphatic heterocycles. The van der Waals surface area contributed by atoms with Crippen molar-refractivity contribution >= 4 is 21.6 Å². The van der Waals surface area contributed by atoms with Crippen LogP contribution in [-0.2, 0) is 22.2 Å². The lowest BCUT2D eigenvalue weighted by Crippen LogP contribution is -2.27. The van der Waals surface area contributed by atoms with Crippen LogP contribution >= 0.6 is 11.6 Å². The zero-order chi connectivity index (χ0) is 16.2. The molecule has 0 aliphatic rings. The van der Waals surface area contributed by atoms with Crippen molar-refractivity contribution in [3.05, 3.63) is 70.2 Å². The van der Waals surface area contributed by atoms with Crippen LogP contribution in [0.3, 0.4) is 0 Å². The van der Waals surface area contributed by atoms with Gasteiger partial charge < -0.3 is 0 Å². The van der Waals surface area contributed by atoms with Crippen LogP contribution in [0.15, 0.2) is 42.5 Å². The lowest BCUT2D eigenvalue weighted by Gasteiger charge is -2.07. The first-order chi connectivity index (χ1) is 10.4. The molecule has 0 unspecified atom stereocenters. The Labute approximate surface area is 133 Å². The highest BCUT2D eigenvalue weighted by atomic mass is 35.5. The molecule has 0 atom stereocenters. The topological polar surface area (TPSA) is 46.2 Å². The second kappa shape index (κ2) is 7.17. The van der Waals surface area contributed by atoms with E-state index < -0.39 is 21.7 Å². The molecule has 0 saturated carbocycles. The Bertz CT molecular complexity index is 749. The van der Waals surface area contributed by atoms with E-state index in [0.29, 0.717) is 16.1 Å². The third-order valence-electron chi connectivity index (χ3n) is 2.99. The molecule has 0 bridgehead atoms. The van der Waals surface area contributed by atoms with Crippen LogP contribution in [0.2, 0.25) is 5.02 Å². The third kappa shape index (κ3) is 5.05. The van der Waals surface area contributed by atoms with Gasteiger partial charge in [0.2, 0.25) is 10.0 Å². The van der Waals surface area contributed by atoms with Crippen LogP contribution in [0.4, 0.5) is 8.78 Å². The van der Waals surface area contributed by atoms with Gasteiger partial charge in [-0.1, -0.05) is 29.8 Å². The second-order valence-corrected chi connectivity index (χ2v) is 7.02. The SMILES string of the molecule is O=S(=O)(Cc1ccc(Cl)cc1)NCCc1ccc(F)c(F)c1. The summed E-state index contributed by atoms with van der Waals surface area (Å²) in [5, 5.41) is 0.535. The summed E-state index contributed by atoms with van der Waals surface area (Å²) in [6.07, 6.45) is 0.275. The summed E-state index contributed by atoms with van der Waals surface area (Å²) in [7, 11) is -3.50.